The van der Waals surface area contributed by atoms with Crippen molar-refractivity contribution in [3.05, 3.63) is 46.2 Å². The fourth-order valence-electron chi connectivity index (χ4n) is 4.02. The number of benzene rings is 2. The van der Waals surface area contributed by atoms with Crippen molar-refractivity contribution in [1.82, 2.24) is 9.55 Å². The zero-order chi connectivity index (χ0) is 25.7. The van der Waals surface area contributed by atoms with E-state index < -0.39 is 5.56 Å². The van der Waals surface area contributed by atoms with Gasteiger partial charge in [0.25, 0.3) is 5.56 Å². The molecule has 3 aromatic rings. The lowest BCUT2D eigenvalue weighted by atomic mass is 10.1. The van der Waals surface area contributed by atoms with Crippen LogP contribution >= 0.6 is 0 Å². The molecule has 188 valence electrons. The van der Waals surface area contributed by atoms with Gasteiger partial charge in [0.05, 0.1) is 33.5 Å². The Morgan fingerprint density at radius 1 is 1.06 bits per heavy atom. The van der Waals surface area contributed by atoms with Crippen molar-refractivity contribution in [1.29, 1.82) is 5.41 Å². The molecule has 3 rings (SSSR count). The number of hydrogen-bond acceptors (Lipinski definition) is 8. The van der Waals surface area contributed by atoms with E-state index in [1.165, 1.54) is 21.3 Å². The number of aromatic nitrogens is 2. The number of rotatable bonds is 10. The first-order valence-electron chi connectivity index (χ1n) is 11.1. The highest BCUT2D eigenvalue weighted by molar-refractivity contribution is 5.95. The van der Waals surface area contributed by atoms with Gasteiger partial charge in [-0.15, -0.1) is 0 Å². The summed E-state index contributed by atoms with van der Waals surface area (Å²) in [6, 6.07) is 9.68. The molecule has 1 N–H and O–H groups in total. The van der Waals surface area contributed by atoms with Crippen molar-refractivity contribution in [2.75, 3.05) is 58.9 Å². The SMILES string of the molecule is COCCC(=N)N(C)c1cccc(CN(C)c2nc(=O)c3c(OC)c(OC)c(OC)cc3n2C)c1. The molecule has 0 bridgehead atoms. The van der Waals surface area contributed by atoms with Gasteiger partial charge in [0.15, 0.2) is 11.5 Å². The number of aryl methyl sites for hydroxylation is 1. The van der Waals surface area contributed by atoms with E-state index in [-0.39, 0.29) is 5.75 Å². The number of nitrogens with zero attached hydrogens (tertiary/aromatic N) is 4. The van der Waals surface area contributed by atoms with E-state index in [1.54, 1.807) is 13.2 Å². The number of hydrogen-bond donors (Lipinski definition) is 1. The van der Waals surface area contributed by atoms with Gasteiger partial charge < -0.3 is 33.3 Å². The molecule has 1 heterocycles. The number of methoxy groups -OCH3 is 4. The second-order valence-electron chi connectivity index (χ2n) is 8.09. The molecule has 35 heavy (non-hydrogen) atoms. The minimum atomic E-state index is -0.419. The molecule has 0 aliphatic rings. The summed E-state index contributed by atoms with van der Waals surface area (Å²) < 4.78 is 23.3. The van der Waals surface area contributed by atoms with Gasteiger partial charge in [-0.1, -0.05) is 12.1 Å². The third-order valence-electron chi connectivity index (χ3n) is 5.89. The van der Waals surface area contributed by atoms with Crippen LogP contribution in [0, 0.1) is 5.41 Å². The van der Waals surface area contributed by atoms with E-state index in [2.05, 4.69) is 4.98 Å². The van der Waals surface area contributed by atoms with E-state index in [0.29, 0.717) is 53.8 Å². The summed E-state index contributed by atoms with van der Waals surface area (Å²) in [5.41, 5.74) is 2.11. The zero-order valence-corrected chi connectivity index (χ0v) is 21.3. The Balaban J connectivity index is 1.98. The molecule has 0 saturated carbocycles. The molecule has 0 unspecified atom stereocenters. The Bertz CT molecular complexity index is 1270. The molecule has 0 aliphatic carbocycles. The van der Waals surface area contributed by atoms with Crippen molar-refractivity contribution in [2.45, 2.75) is 13.0 Å². The molecule has 0 aliphatic heterocycles. The molecule has 2 aromatic carbocycles. The van der Waals surface area contributed by atoms with Gasteiger partial charge in [0.1, 0.15) is 11.2 Å². The maximum Gasteiger partial charge on any atom is 0.286 e. The first-order chi connectivity index (χ1) is 16.8. The molecular formula is C25H33N5O5. The summed E-state index contributed by atoms with van der Waals surface area (Å²) in [5.74, 6) is 2.05. The number of nitrogens with one attached hydrogen (secondary N) is 1. The third-order valence-corrected chi connectivity index (χ3v) is 5.89. The maximum absolute atomic E-state index is 13.1. The molecule has 0 spiro atoms. The minimum Gasteiger partial charge on any atom is -0.493 e. The summed E-state index contributed by atoms with van der Waals surface area (Å²) in [4.78, 5) is 21.2. The predicted molar refractivity (Wildman–Crippen MR) is 138 cm³/mol. The number of ether oxygens (including phenoxy) is 4. The average molecular weight is 484 g/mol. The minimum absolute atomic E-state index is 0.288. The van der Waals surface area contributed by atoms with Crippen molar-refractivity contribution in [3.63, 3.8) is 0 Å². The van der Waals surface area contributed by atoms with Crippen LogP contribution in [0.2, 0.25) is 0 Å². The van der Waals surface area contributed by atoms with Gasteiger partial charge in [-0.25, -0.2) is 0 Å². The number of fused-ring (bicyclic) bond motifs is 1. The Hall–Kier alpha value is -3.79. The van der Waals surface area contributed by atoms with Crippen LogP contribution in [0.4, 0.5) is 11.6 Å². The molecule has 1 aromatic heterocycles. The zero-order valence-electron chi connectivity index (χ0n) is 21.3. The van der Waals surface area contributed by atoms with Crippen molar-refractivity contribution in [3.8, 4) is 17.2 Å². The summed E-state index contributed by atoms with van der Waals surface area (Å²) in [6.45, 7) is 0.998. The fraction of sp³-hybridized carbons (Fsp3) is 0.400. The monoisotopic (exact) mass is 483 g/mol. The smallest absolute Gasteiger partial charge is 0.286 e. The molecular weight excluding hydrogens is 450 g/mol. The predicted octanol–water partition coefficient (Wildman–Crippen LogP) is 3.05. The van der Waals surface area contributed by atoms with Gasteiger partial charge in [-0.05, 0) is 17.7 Å². The van der Waals surface area contributed by atoms with Crippen LogP contribution in [-0.2, 0) is 18.3 Å². The number of amidine groups is 1. The summed E-state index contributed by atoms with van der Waals surface area (Å²) >= 11 is 0. The Morgan fingerprint density at radius 3 is 2.40 bits per heavy atom. The Labute approximate surface area is 205 Å². The highest BCUT2D eigenvalue weighted by atomic mass is 16.5. The van der Waals surface area contributed by atoms with Crippen LogP contribution in [0.5, 0.6) is 17.2 Å². The van der Waals surface area contributed by atoms with Crippen LogP contribution < -0.4 is 29.6 Å². The second kappa shape index (κ2) is 11.1. The third kappa shape index (κ3) is 5.17. The first-order valence-corrected chi connectivity index (χ1v) is 11.1. The molecule has 0 fully saturated rings. The molecule has 10 nitrogen and oxygen atoms in total. The van der Waals surface area contributed by atoms with E-state index in [1.807, 2.05) is 59.8 Å². The van der Waals surface area contributed by atoms with E-state index in [9.17, 15) is 4.79 Å². The lowest BCUT2D eigenvalue weighted by Crippen LogP contribution is -2.27. The van der Waals surface area contributed by atoms with Crippen LogP contribution in [0.3, 0.4) is 0 Å². The largest absolute Gasteiger partial charge is 0.493 e. The van der Waals surface area contributed by atoms with Gasteiger partial charge in [-0.2, -0.15) is 4.98 Å². The van der Waals surface area contributed by atoms with E-state index in [0.717, 1.165) is 11.3 Å². The average Bonchev–Trinajstić information content (AvgIpc) is 2.87. The van der Waals surface area contributed by atoms with Crippen LogP contribution in [-0.4, -0.2) is 64.5 Å². The van der Waals surface area contributed by atoms with Gasteiger partial charge in [0.2, 0.25) is 11.7 Å². The highest BCUT2D eigenvalue weighted by Gasteiger charge is 2.22. The van der Waals surface area contributed by atoms with Crippen LogP contribution in [0.1, 0.15) is 12.0 Å². The highest BCUT2D eigenvalue weighted by Crippen LogP contribution is 2.42. The van der Waals surface area contributed by atoms with Crippen LogP contribution in [0.25, 0.3) is 10.9 Å². The van der Waals surface area contributed by atoms with Crippen LogP contribution in [0.15, 0.2) is 35.1 Å². The molecule has 0 radical (unpaired) electrons. The van der Waals surface area contributed by atoms with Gasteiger partial charge in [-0.3, -0.25) is 10.2 Å². The Kier molecular flexibility index (Phi) is 8.18. The van der Waals surface area contributed by atoms with Gasteiger partial charge in [0, 0.05) is 53.0 Å². The Morgan fingerprint density at radius 2 is 1.77 bits per heavy atom. The fourth-order valence-corrected chi connectivity index (χ4v) is 4.02. The summed E-state index contributed by atoms with van der Waals surface area (Å²) in [6.07, 6.45) is 0.526. The van der Waals surface area contributed by atoms with Gasteiger partial charge >= 0.3 is 0 Å². The maximum atomic E-state index is 13.1. The topological polar surface area (TPSA) is 102 Å². The lowest BCUT2D eigenvalue weighted by Gasteiger charge is -2.24. The normalized spacial score (nSPS) is 10.8. The van der Waals surface area contributed by atoms with Crippen molar-refractivity contribution in [2.24, 2.45) is 7.05 Å². The van der Waals surface area contributed by atoms with E-state index in [4.69, 9.17) is 24.4 Å². The molecule has 0 saturated heterocycles. The molecule has 10 heteroatoms. The standard InChI is InChI=1S/C25H33N5O5/c1-28(15-16-9-8-10-17(13-16)29(2)20(26)11-12-32-4)25-27-24(31)21-18(30(25)3)14-19(33-5)22(34-6)23(21)35-7/h8-10,13-14,26H,11-12,15H2,1-7H3. The quantitative estimate of drug-likeness (QED) is 0.347. The van der Waals surface area contributed by atoms with Crippen molar-refractivity contribution >= 4 is 28.4 Å². The lowest BCUT2D eigenvalue weighted by molar-refractivity contribution is 0.207. The van der Waals surface area contributed by atoms with E-state index >= 15 is 0 Å². The first kappa shape index (κ1) is 25.8. The summed E-state index contributed by atoms with van der Waals surface area (Å²) in [7, 11) is 11.7. The summed E-state index contributed by atoms with van der Waals surface area (Å²) in [5, 5.41) is 8.59. The second-order valence-corrected chi connectivity index (χ2v) is 8.09. The molecule has 0 amide bonds. The molecule has 0 atom stereocenters. The van der Waals surface area contributed by atoms with Crippen molar-refractivity contribution < 1.29 is 18.9 Å². The number of anilines is 2.